The average molecular weight is 385 g/mol. The van der Waals surface area contributed by atoms with Crippen molar-refractivity contribution in [3.8, 4) is 5.75 Å². The Balaban J connectivity index is 1.58. The highest BCUT2D eigenvalue weighted by Crippen LogP contribution is 2.65. The zero-order chi connectivity index (χ0) is 19.9. The van der Waals surface area contributed by atoms with E-state index in [9.17, 15) is 9.59 Å². The number of ether oxygens (including phenoxy) is 1. The number of likely N-dealkylation sites (N-methyl/N-ethyl adjacent to an activating group) is 1. The smallest absolute Gasteiger partial charge is 0.242 e. The Bertz CT molecular complexity index is 744. The molecule has 3 unspecified atom stereocenters. The van der Waals surface area contributed by atoms with Gasteiger partial charge in [-0.3, -0.25) is 9.59 Å². The minimum Gasteiger partial charge on any atom is -0.497 e. The summed E-state index contributed by atoms with van der Waals surface area (Å²) in [5.74, 6) is 2.06. The number of nitrogens with one attached hydrogen (secondary N) is 2. The molecule has 1 aromatic carbocycles. The Labute approximate surface area is 167 Å². The lowest BCUT2D eigenvalue weighted by Crippen LogP contribution is -2.60. The molecule has 2 amide bonds. The van der Waals surface area contributed by atoms with Crippen LogP contribution in [0.4, 0.5) is 0 Å². The SMILES string of the molecule is CCNC(=O)C(C)NC(=O)C12CC3CC(C1)CC(c1ccc(OC)cc1)(C3)C2. The average Bonchev–Trinajstić information content (AvgIpc) is 2.67. The minimum absolute atomic E-state index is 0.0817. The first-order valence-electron chi connectivity index (χ1n) is 10.6. The number of carbonyl (C=O) groups excluding carboxylic acids is 2. The van der Waals surface area contributed by atoms with Crippen molar-refractivity contribution in [2.45, 2.75) is 63.8 Å². The highest BCUT2D eigenvalue weighted by Gasteiger charge is 2.61. The summed E-state index contributed by atoms with van der Waals surface area (Å²) in [5.41, 5.74) is 1.10. The van der Waals surface area contributed by atoms with Gasteiger partial charge in [-0.05, 0) is 87.3 Å². The Kier molecular flexibility index (Phi) is 4.88. The lowest BCUT2D eigenvalue weighted by Gasteiger charge is -2.61. The Morgan fingerprint density at radius 3 is 2.36 bits per heavy atom. The number of rotatable bonds is 6. The van der Waals surface area contributed by atoms with Gasteiger partial charge in [0.15, 0.2) is 0 Å². The zero-order valence-electron chi connectivity index (χ0n) is 17.2. The van der Waals surface area contributed by atoms with E-state index in [-0.39, 0.29) is 22.6 Å². The van der Waals surface area contributed by atoms with E-state index >= 15 is 0 Å². The van der Waals surface area contributed by atoms with Crippen LogP contribution in [0.2, 0.25) is 0 Å². The Morgan fingerprint density at radius 2 is 1.79 bits per heavy atom. The summed E-state index contributed by atoms with van der Waals surface area (Å²) in [6, 6.07) is 7.97. The van der Waals surface area contributed by atoms with Gasteiger partial charge in [0.1, 0.15) is 11.8 Å². The highest BCUT2D eigenvalue weighted by atomic mass is 16.5. The van der Waals surface area contributed by atoms with Crippen LogP contribution in [0, 0.1) is 17.3 Å². The summed E-state index contributed by atoms with van der Waals surface area (Å²) in [4.78, 5) is 25.5. The van der Waals surface area contributed by atoms with E-state index in [4.69, 9.17) is 4.74 Å². The van der Waals surface area contributed by atoms with Gasteiger partial charge in [0, 0.05) is 6.54 Å². The van der Waals surface area contributed by atoms with Gasteiger partial charge in [-0.1, -0.05) is 12.1 Å². The van der Waals surface area contributed by atoms with Gasteiger partial charge < -0.3 is 15.4 Å². The maximum atomic E-state index is 13.4. The van der Waals surface area contributed by atoms with Crippen molar-refractivity contribution in [2.24, 2.45) is 17.3 Å². The first kappa shape index (κ1) is 19.3. The zero-order valence-corrected chi connectivity index (χ0v) is 17.2. The third kappa shape index (κ3) is 3.19. The molecule has 5 nitrogen and oxygen atoms in total. The van der Waals surface area contributed by atoms with Crippen LogP contribution >= 0.6 is 0 Å². The second-order valence-corrected chi connectivity index (χ2v) is 9.34. The molecule has 152 valence electrons. The number of hydrogen-bond acceptors (Lipinski definition) is 3. The van der Waals surface area contributed by atoms with Crippen LogP contribution in [-0.2, 0) is 15.0 Å². The van der Waals surface area contributed by atoms with E-state index < -0.39 is 6.04 Å². The quantitative estimate of drug-likeness (QED) is 0.792. The number of benzene rings is 1. The van der Waals surface area contributed by atoms with E-state index in [0.29, 0.717) is 18.4 Å². The molecule has 4 bridgehead atoms. The fourth-order valence-electron chi connectivity index (χ4n) is 6.55. The van der Waals surface area contributed by atoms with Gasteiger partial charge in [-0.15, -0.1) is 0 Å². The molecule has 4 aliphatic rings. The molecule has 5 heteroatoms. The number of carbonyl (C=O) groups is 2. The first-order chi connectivity index (χ1) is 13.4. The van der Waals surface area contributed by atoms with Gasteiger partial charge in [0.05, 0.1) is 12.5 Å². The summed E-state index contributed by atoms with van der Waals surface area (Å²) in [7, 11) is 1.69. The molecule has 0 heterocycles. The molecule has 4 aliphatic carbocycles. The maximum absolute atomic E-state index is 13.4. The Hall–Kier alpha value is -2.04. The van der Waals surface area contributed by atoms with Crippen molar-refractivity contribution in [3.63, 3.8) is 0 Å². The van der Waals surface area contributed by atoms with Gasteiger partial charge >= 0.3 is 0 Å². The summed E-state index contributed by atoms with van der Waals surface area (Å²) < 4.78 is 5.33. The molecule has 28 heavy (non-hydrogen) atoms. The standard InChI is InChI=1S/C23H32N2O3/c1-4-24-20(26)15(2)25-21(27)23-12-16-9-17(13-23)11-22(10-16,14-23)18-5-7-19(28-3)8-6-18/h5-8,15-17H,4,9-14H2,1-3H3,(H,24,26)(H,25,27). The molecule has 3 atom stereocenters. The summed E-state index contributed by atoms with van der Waals surface area (Å²) in [6.07, 6.45) is 6.43. The van der Waals surface area contributed by atoms with Crippen molar-refractivity contribution in [2.75, 3.05) is 13.7 Å². The molecular formula is C23H32N2O3. The van der Waals surface area contributed by atoms with Gasteiger partial charge in [0.2, 0.25) is 11.8 Å². The van der Waals surface area contributed by atoms with E-state index in [0.717, 1.165) is 25.0 Å². The molecule has 4 saturated carbocycles. The molecule has 5 rings (SSSR count). The van der Waals surface area contributed by atoms with Crippen LogP contribution < -0.4 is 15.4 Å². The Morgan fingerprint density at radius 1 is 1.14 bits per heavy atom. The lowest BCUT2D eigenvalue weighted by molar-refractivity contribution is -0.151. The van der Waals surface area contributed by atoms with Crippen LogP contribution in [0.25, 0.3) is 0 Å². The lowest BCUT2D eigenvalue weighted by atomic mass is 9.42. The second-order valence-electron chi connectivity index (χ2n) is 9.34. The molecule has 1 aromatic rings. The molecule has 0 aliphatic heterocycles. The number of methoxy groups -OCH3 is 1. The predicted octanol–water partition coefficient (Wildman–Crippen LogP) is 3.17. The fourth-order valence-corrected chi connectivity index (χ4v) is 6.55. The first-order valence-corrected chi connectivity index (χ1v) is 10.6. The largest absolute Gasteiger partial charge is 0.497 e. The van der Waals surface area contributed by atoms with Crippen LogP contribution in [-0.4, -0.2) is 31.5 Å². The summed E-state index contributed by atoms with van der Waals surface area (Å²) in [6.45, 7) is 4.25. The number of amides is 2. The molecule has 0 spiro atoms. The molecular weight excluding hydrogens is 352 g/mol. The second kappa shape index (κ2) is 7.09. The third-order valence-electron chi connectivity index (χ3n) is 7.34. The molecule has 0 saturated heterocycles. The molecule has 2 N–H and O–H groups in total. The maximum Gasteiger partial charge on any atom is 0.242 e. The molecule has 4 fully saturated rings. The van der Waals surface area contributed by atoms with Crippen molar-refractivity contribution in [1.29, 1.82) is 0 Å². The van der Waals surface area contributed by atoms with E-state index in [1.165, 1.54) is 24.8 Å². The third-order valence-corrected chi connectivity index (χ3v) is 7.34. The van der Waals surface area contributed by atoms with Crippen molar-refractivity contribution >= 4 is 11.8 Å². The topological polar surface area (TPSA) is 67.4 Å². The van der Waals surface area contributed by atoms with Crippen LogP contribution in [0.1, 0.15) is 57.9 Å². The van der Waals surface area contributed by atoms with Gasteiger partial charge in [0.25, 0.3) is 0 Å². The summed E-state index contributed by atoms with van der Waals surface area (Å²) >= 11 is 0. The minimum atomic E-state index is -0.489. The van der Waals surface area contributed by atoms with E-state index in [2.05, 4.69) is 22.8 Å². The van der Waals surface area contributed by atoms with Crippen LogP contribution in [0.15, 0.2) is 24.3 Å². The van der Waals surface area contributed by atoms with E-state index in [1.807, 2.05) is 19.1 Å². The van der Waals surface area contributed by atoms with Crippen molar-refractivity contribution < 1.29 is 14.3 Å². The van der Waals surface area contributed by atoms with Gasteiger partial charge in [-0.25, -0.2) is 0 Å². The van der Waals surface area contributed by atoms with Crippen LogP contribution in [0.5, 0.6) is 5.75 Å². The van der Waals surface area contributed by atoms with Gasteiger partial charge in [-0.2, -0.15) is 0 Å². The highest BCUT2D eigenvalue weighted by molar-refractivity contribution is 5.90. The predicted molar refractivity (Wildman–Crippen MR) is 108 cm³/mol. The van der Waals surface area contributed by atoms with Crippen molar-refractivity contribution in [1.82, 2.24) is 10.6 Å². The molecule has 0 radical (unpaired) electrons. The monoisotopic (exact) mass is 384 g/mol. The van der Waals surface area contributed by atoms with Crippen molar-refractivity contribution in [3.05, 3.63) is 29.8 Å². The van der Waals surface area contributed by atoms with Crippen LogP contribution in [0.3, 0.4) is 0 Å². The summed E-state index contributed by atoms with van der Waals surface area (Å²) in [5, 5.41) is 5.84. The normalized spacial score (nSPS) is 34.0. The molecule has 0 aromatic heterocycles. The van der Waals surface area contributed by atoms with E-state index in [1.54, 1.807) is 14.0 Å². The fraction of sp³-hybridized carbons (Fsp3) is 0.652. The number of hydrogen-bond donors (Lipinski definition) is 2.